The zero-order chi connectivity index (χ0) is 23.0. The minimum atomic E-state index is -0.790. The lowest BCUT2D eigenvalue weighted by Gasteiger charge is -2.36. The van der Waals surface area contributed by atoms with E-state index < -0.39 is 18.8 Å². The quantitative estimate of drug-likeness (QED) is 0.547. The smallest absolute Gasteiger partial charge is 0.408 e. The van der Waals surface area contributed by atoms with E-state index in [0.29, 0.717) is 32.7 Å². The average molecular weight is 471 g/mol. The van der Waals surface area contributed by atoms with Gasteiger partial charge in [-0.1, -0.05) is 42.5 Å². The van der Waals surface area contributed by atoms with Crippen LogP contribution in [0, 0.1) is 0 Å². The van der Waals surface area contributed by atoms with E-state index in [2.05, 4.69) is 10.3 Å². The monoisotopic (exact) mass is 470 g/mol. The van der Waals surface area contributed by atoms with Crippen LogP contribution in [0.2, 0.25) is 0 Å². The van der Waals surface area contributed by atoms with Crippen LogP contribution in [0.1, 0.15) is 10.6 Å². The Morgan fingerprint density at radius 2 is 1.79 bits per heavy atom. The van der Waals surface area contributed by atoms with Crippen LogP contribution in [0.15, 0.2) is 54.6 Å². The highest BCUT2D eigenvalue weighted by Crippen LogP contribution is 2.23. The normalized spacial score (nSPS) is 15.4. The highest BCUT2D eigenvalue weighted by molar-refractivity contribution is 7.18. The van der Waals surface area contributed by atoms with Crippen LogP contribution in [0.25, 0.3) is 10.2 Å². The molecule has 2 amide bonds. The zero-order valence-corrected chi connectivity index (χ0v) is 19.1. The Hall–Kier alpha value is -3.04. The number of alkyl carbamates (subject to hydrolysis) is 1. The Morgan fingerprint density at radius 3 is 2.52 bits per heavy atom. The molecule has 9 heteroatoms. The molecule has 0 saturated carbocycles. The maximum Gasteiger partial charge on any atom is 0.408 e. The molecule has 1 N–H and O–H groups in total. The number of thiazole rings is 1. The van der Waals surface area contributed by atoms with Gasteiger partial charge in [0, 0.05) is 39.1 Å². The molecule has 0 bridgehead atoms. The van der Waals surface area contributed by atoms with E-state index in [1.165, 1.54) is 11.3 Å². The molecule has 2 heterocycles. The number of nitrogens with one attached hydrogen (secondary N) is 1. The average Bonchev–Trinajstić information content (AvgIpc) is 3.26. The molecule has 1 unspecified atom stereocenters. The molecule has 1 atom stereocenters. The van der Waals surface area contributed by atoms with E-state index in [1.54, 1.807) is 4.90 Å². The summed E-state index contributed by atoms with van der Waals surface area (Å²) in [5.41, 5.74) is 1.74. The van der Waals surface area contributed by atoms with Gasteiger partial charge in [-0.25, -0.2) is 14.2 Å². The summed E-state index contributed by atoms with van der Waals surface area (Å²) in [4.78, 5) is 34.2. The molecule has 4 rings (SSSR count). The highest BCUT2D eigenvalue weighted by Gasteiger charge is 2.30. The summed E-state index contributed by atoms with van der Waals surface area (Å²) in [6.45, 7) is 2.32. The van der Waals surface area contributed by atoms with Gasteiger partial charge >= 0.3 is 6.09 Å². The van der Waals surface area contributed by atoms with Crippen LogP contribution in [0.4, 0.5) is 9.18 Å². The van der Waals surface area contributed by atoms with Crippen LogP contribution in [-0.2, 0) is 22.6 Å². The summed E-state index contributed by atoms with van der Waals surface area (Å²) < 4.78 is 19.0. The molecule has 1 aliphatic heterocycles. The third kappa shape index (κ3) is 6.27. The number of piperazine rings is 1. The topological polar surface area (TPSA) is 74.8 Å². The van der Waals surface area contributed by atoms with Gasteiger partial charge in [-0.2, -0.15) is 0 Å². The lowest BCUT2D eigenvalue weighted by molar-refractivity contribution is -0.135. The molecule has 0 aliphatic carbocycles. The van der Waals surface area contributed by atoms with E-state index in [-0.39, 0.29) is 18.9 Å². The van der Waals surface area contributed by atoms with E-state index in [0.717, 1.165) is 20.8 Å². The van der Waals surface area contributed by atoms with Gasteiger partial charge in [-0.15, -0.1) is 11.3 Å². The minimum Gasteiger partial charge on any atom is -0.445 e. The maximum atomic E-state index is 13.3. The van der Waals surface area contributed by atoms with Crippen LogP contribution >= 0.6 is 11.3 Å². The molecule has 0 spiro atoms. The molecule has 3 aromatic rings. The van der Waals surface area contributed by atoms with Gasteiger partial charge in [0.1, 0.15) is 19.3 Å². The number of aromatic nitrogens is 1. The maximum absolute atomic E-state index is 13.3. The third-order valence-corrected chi connectivity index (χ3v) is 6.66. The standard InChI is InChI=1S/C24H27FN4O3S/c25-10-11-28-12-14-29(15-13-28)23(30)20(16-22-26-19-8-4-5-9-21(19)33-22)27-24(31)32-17-18-6-2-1-3-7-18/h1-9,20H,10-17H2,(H,27,31). The van der Waals surface area contributed by atoms with Crippen molar-refractivity contribution in [2.75, 3.05) is 39.4 Å². The van der Waals surface area contributed by atoms with Crippen molar-refractivity contribution >= 4 is 33.6 Å². The van der Waals surface area contributed by atoms with Crippen LogP contribution in [-0.4, -0.2) is 72.2 Å². The molecule has 174 valence electrons. The predicted molar refractivity (Wildman–Crippen MR) is 126 cm³/mol. The highest BCUT2D eigenvalue weighted by atomic mass is 32.1. The van der Waals surface area contributed by atoms with Gasteiger partial charge < -0.3 is 15.0 Å². The second kappa shape index (κ2) is 11.2. The minimum absolute atomic E-state index is 0.122. The third-order valence-electron chi connectivity index (χ3n) is 5.60. The number of nitrogens with zero attached hydrogens (tertiary/aromatic N) is 3. The first-order valence-corrected chi connectivity index (χ1v) is 11.8. The largest absolute Gasteiger partial charge is 0.445 e. The number of fused-ring (bicyclic) bond motifs is 1. The number of rotatable bonds is 8. The van der Waals surface area contributed by atoms with Gasteiger partial charge in [-0.3, -0.25) is 9.69 Å². The van der Waals surface area contributed by atoms with Gasteiger partial charge in [0.05, 0.1) is 15.2 Å². The molecular formula is C24H27FN4O3S. The Balaban J connectivity index is 1.43. The van der Waals surface area contributed by atoms with Gasteiger partial charge in [0.2, 0.25) is 5.91 Å². The van der Waals surface area contributed by atoms with Gasteiger partial charge in [0.25, 0.3) is 0 Å². The number of para-hydroxylation sites is 1. The summed E-state index contributed by atoms with van der Waals surface area (Å²) in [5.74, 6) is -0.175. The molecule has 7 nitrogen and oxygen atoms in total. The number of hydrogen-bond donors (Lipinski definition) is 1. The zero-order valence-electron chi connectivity index (χ0n) is 18.3. The fourth-order valence-electron chi connectivity index (χ4n) is 3.82. The number of amides is 2. The van der Waals surface area contributed by atoms with Crippen molar-refractivity contribution in [2.45, 2.75) is 19.1 Å². The number of carbonyl (C=O) groups excluding carboxylic acids is 2. The fraction of sp³-hybridized carbons (Fsp3) is 0.375. The lowest BCUT2D eigenvalue weighted by Crippen LogP contribution is -2.55. The Bertz CT molecular complexity index is 1040. The van der Waals surface area contributed by atoms with E-state index >= 15 is 0 Å². The number of benzene rings is 2. The van der Waals surface area contributed by atoms with E-state index in [1.807, 2.05) is 59.5 Å². The molecule has 0 radical (unpaired) electrons. The van der Waals surface area contributed by atoms with Crippen molar-refractivity contribution in [1.29, 1.82) is 0 Å². The predicted octanol–water partition coefficient (Wildman–Crippen LogP) is 3.25. The van der Waals surface area contributed by atoms with Crippen molar-refractivity contribution in [3.8, 4) is 0 Å². The first kappa shape index (κ1) is 23.1. The van der Waals surface area contributed by atoms with Crippen LogP contribution in [0.3, 0.4) is 0 Å². The van der Waals surface area contributed by atoms with Crippen LogP contribution in [0.5, 0.6) is 0 Å². The van der Waals surface area contributed by atoms with Crippen molar-refractivity contribution in [2.24, 2.45) is 0 Å². The van der Waals surface area contributed by atoms with Crippen molar-refractivity contribution < 1.29 is 18.7 Å². The van der Waals surface area contributed by atoms with E-state index in [9.17, 15) is 14.0 Å². The molecule has 1 fully saturated rings. The number of halogens is 1. The number of ether oxygens (including phenoxy) is 1. The van der Waals surface area contributed by atoms with Crippen molar-refractivity contribution in [3.05, 3.63) is 65.2 Å². The fourth-order valence-corrected chi connectivity index (χ4v) is 4.83. The van der Waals surface area contributed by atoms with Crippen molar-refractivity contribution in [3.63, 3.8) is 0 Å². The molecule has 33 heavy (non-hydrogen) atoms. The molecule has 1 aliphatic rings. The number of carbonyl (C=O) groups is 2. The Labute approximate surface area is 196 Å². The summed E-state index contributed by atoms with van der Waals surface area (Å²) >= 11 is 1.51. The summed E-state index contributed by atoms with van der Waals surface area (Å²) in [6, 6.07) is 16.4. The second-order valence-electron chi connectivity index (χ2n) is 7.89. The summed E-state index contributed by atoms with van der Waals surface area (Å²) in [6.07, 6.45) is -0.363. The Kier molecular flexibility index (Phi) is 7.85. The van der Waals surface area contributed by atoms with Crippen LogP contribution < -0.4 is 5.32 Å². The molecule has 1 aromatic heterocycles. The Morgan fingerprint density at radius 1 is 1.06 bits per heavy atom. The number of hydrogen-bond acceptors (Lipinski definition) is 6. The lowest BCUT2D eigenvalue weighted by atomic mass is 10.1. The first-order valence-electron chi connectivity index (χ1n) is 11.0. The first-order chi connectivity index (χ1) is 16.1. The molecule has 2 aromatic carbocycles. The van der Waals surface area contributed by atoms with E-state index in [4.69, 9.17) is 4.74 Å². The molecular weight excluding hydrogens is 443 g/mol. The SMILES string of the molecule is O=C(NC(Cc1nc2ccccc2s1)C(=O)N1CCN(CCF)CC1)OCc1ccccc1. The summed E-state index contributed by atoms with van der Waals surface area (Å²) in [7, 11) is 0. The molecule has 1 saturated heterocycles. The number of alkyl halides is 1. The second-order valence-corrected chi connectivity index (χ2v) is 9.01. The van der Waals surface area contributed by atoms with Gasteiger partial charge in [0.15, 0.2) is 0 Å². The van der Waals surface area contributed by atoms with Crippen molar-refractivity contribution in [1.82, 2.24) is 20.1 Å². The van der Waals surface area contributed by atoms with Gasteiger partial charge in [-0.05, 0) is 17.7 Å². The summed E-state index contributed by atoms with van der Waals surface area (Å²) in [5, 5.41) is 3.53.